The number of alkyl halides is 1. The van der Waals surface area contributed by atoms with Gasteiger partial charge in [0.2, 0.25) is 0 Å². The van der Waals surface area contributed by atoms with E-state index in [1.165, 1.54) is 12.1 Å². The molecule has 0 amide bonds. The fourth-order valence-electron chi connectivity index (χ4n) is 2.39. The van der Waals surface area contributed by atoms with Crippen molar-refractivity contribution >= 4 is 15.9 Å². The number of phenolic OH excluding ortho intramolecular Hbond substituents is 1. The van der Waals surface area contributed by atoms with Crippen molar-refractivity contribution in [2.24, 2.45) is 0 Å². The van der Waals surface area contributed by atoms with Crippen molar-refractivity contribution < 1.29 is 14.2 Å². The third kappa shape index (κ3) is 4.15. The van der Waals surface area contributed by atoms with Crippen LogP contribution in [-0.2, 0) is 6.42 Å². The second kappa shape index (κ2) is 7.49. The Bertz CT molecular complexity index is 804. The topological polar surface area (TPSA) is 29.5 Å². The van der Waals surface area contributed by atoms with Crippen molar-refractivity contribution in [3.8, 4) is 11.5 Å². The van der Waals surface area contributed by atoms with Crippen LogP contribution in [0.3, 0.4) is 0 Å². The van der Waals surface area contributed by atoms with E-state index in [0.717, 1.165) is 16.7 Å². The summed E-state index contributed by atoms with van der Waals surface area (Å²) in [4.78, 5) is 0. The van der Waals surface area contributed by atoms with E-state index in [2.05, 4.69) is 15.9 Å². The summed E-state index contributed by atoms with van der Waals surface area (Å²) in [6.07, 6.45) is 0.502. The van der Waals surface area contributed by atoms with Crippen LogP contribution in [-0.4, -0.2) is 5.11 Å². The van der Waals surface area contributed by atoms with Crippen LogP contribution in [0, 0.1) is 5.82 Å². The fraction of sp³-hybridized carbons (Fsp3) is 0.100. The Hall–Kier alpha value is -2.33. The van der Waals surface area contributed by atoms with Gasteiger partial charge in [-0.2, -0.15) is 0 Å². The van der Waals surface area contributed by atoms with E-state index in [9.17, 15) is 9.50 Å². The normalized spacial score (nSPS) is 11.9. The average Bonchev–Trinajstić information content (AvgIpc) is 2.60. The number of hydrogen-bond donors (Lipinski definition) is 1. The second-order valence-corrected chi connectivity index (χ2v) is 6.27. The zero-order chi connectivity index (χ0) is 16.9. The van der Waals surface area contributed by atoms with E-state index in [4.69, 9.17) is 4.74 Å². The molecule has 0 radical (unpaired) electrons. The summed E-state index contributed by atoms with van der Waals surface area (Å²) < 4.78 is 18.9. The first-order valence-corrected chi connectivity index (χ1v) is 8.45. The molecule has 0 aliphatic heterocycles. The molecule has 1 atom stereocenters. The molecule has 4 heteroatoms. The smallest absolute Gasteiger partial charge is 0.178 e. The van der Waals surface area contributed by atoms with Gasteiger partial charge in [-0.3, -0.25) is 0 Å². The highest BCUT2D eigenvalue weighted by molar-refractivity contribution is 9.09. The fourth-order valence-corrected chi connectivity index (χ4v) is 2.91. The molecule has 122 valence electrons. The highest BCUT2D eigenvalue weighted by Crippen LogP contribution is 2.31. The van der Waals surface area contributed by atoms with Crippen LogP contribution < -0.4 is 4.74 Å². The third-order valence-corrected chi connectivity index (χ3v) is 4.38. The van der Waals surface area contributed by atoms with Crippen molar-refractivity contribution in [2.75, 3.05) is 0 Å². The molecule has 2 nitrogen and oxygen atoms in total. The SMILES string of the molecule is Oc1ccc(OC(Br)c2ccccc2)cc1Cc1ccc(F)cc1. The van der Waals surface area contributed by atoms with Crippen LogP contribution in [0.2, 0.25) is 0 Å². The summed E-state index contributed by atoms with van der Waals surface area (Å²) in [6, 6.07) is 21.2. The summed E-state index contributed by atoms with van der Waals surface area (Å²) in [5, 5.41) is 9.78. The van der Waals surface area contributed by atoms with Crippen LogP contribution in [0.15, 0.2) is 72.8 Å². The molecule has 3 rings (SSSR count). The van der Waals surface area contributed by atoms with Gasteiger partial charge in [0, 0.05) is 17.5 Å². The molecule has 0 aromatic heterocycles. The lowest BCUT2D eigenvalue weighted by Crippen LogP contribution is -2.00. The summed E-state index contributed by atoms with van der Waals surface area (Å²) in [7, 11) is 0. The standard InChI is InChI=1S/C20H16BrFO2/c21-20(15-4-2-1-3-5-15)24-18-10-11-19(23)16(13-18)12-14-6-8-17(22)9-7-14/h1-11,13,20,23H,12H2. The second-order valence-electron chi connectivity index (χ2n) is 5.44. The molecule has 3 aromatic carbocycles. The van der Waals surface area contributed by atoms with Gasteiger partial charge < -0.3 is 9.84 Å². The first-order valence-electron chi connectivity index (χ1n) is 7.54. The Balaban J connectivity index is 1.77. The number of aromatic hydroxyl groups is 1. The molecular formula is C20H16BrFO2. The maximum atomic E-state index is 13.0. The minimum atomic E-state index is -0.276. The van der Waals surface area contributed by atoms with Gasteiger partial charge in [-0.1, -0.05) is 42.5 Å². The van der Waals surface area contributed by atoms with Crippen LogP contribution >= 0.6 is 15.9 Å². The molecule has 0 spiro atoms. The van der Waals surface area contributed by atoms with Gasteiger partial charge in [0.1, 0.15) is 17.3 Å². The summed E-state index contributed by atoms with van der Waals surface area (Å²) in [6.45, 7) is 0. The van der Waals surface area contributed by atoms with Crippen LogP contribution in [0.1, 0.15) is 21.7 Å². The molecule has 0 heterocycles. The zero-order valence-corrected chi connectivity index (χ0v) is 14.4. The molecule has 0 aliphatic carbocycles. The van der Waals surface area contributed by atoms with Crippen molar-refractivity contribution in [1.29, 1.82) is 0 Å². The lowest BCUT2D eigenvalue weighted by molar-refractivity contribution is 0.301. The van der Waals surface area contributed by atoms with Crippen molar-refractivity contribution in [3.63, 3.8) is 0 Å². The molecule has 1 unspecified atom stereocenters. The number of benzene rings is 3. The van der Waals surface area contributed by atoms with E-state index >= 15 is 0 Å². The monoisotopic (exact) mass is 386 g/mol. The number of ether oxygens (including phenoxy) is 1. The van der Waals surface area contributed by atoms with Crippen LogP contribution in [0.4, 0.5) is 4.39 Å². The minimum Gasteiger partial charge on any atom is -0.508 e. The largest absolute Gasteiger partial charge is 0.508 e. The maximum absolute atomic E-state index is 13.0. The lowest BCUT2D eigenvalue weighted by Gasteiger charge is -2.15. The number of phenols is 1. The Labute approximate surface area is 148 Å². The van der Waals surface area contributed by atoms with Gasteiger partial charge >= 0.3 is 0 Å². The summed E-state index contributed by atoms with van der Waals surface area (Å²) >= 11 is 3.51. The number of halogens is 2. The summed E-state index contributed by atoms with van der Waals surface area (Å²) in [5.41, 5.74) is 2.65. The van der Waals surface area contributed by atoms with E-state index in [-0.39, 0.29) is 16.6 Å². The molecule has 1 N–H and O–H groups in total. The maximum Gasteiger partial charge on any atom is 0.178 e. The highest BCUT2D eigenvalue weighted by Gasteiger charge is 2.11. The van der Waals surface area contributed by atoms with Gasteiger partial charge in [-0.25, -0.2) is 4.39 Å². The first-order chi connectivity index (χ1) is 11.6. The number of rotatable bonds is 5. The van der Waals surface area contributed by atoms with Crippen molar-refractivity contribution in [1.82, 2.24) is 0 Å². The first kappa shape index (κ1) is 16.5. The Morgan fingerprint density at radius 3 is 2.38 bits per heavy atom. The van der Waals surface area contributed by atoms with Gasteiger partial charge in [0.15, 0.2) is 5.01 Å². The average molecular weight is 387 g/mol. The van der Waals surface area contributed by atoms with Gasteiger partial charge in [0.25, 0.3) is 0 Å². The third-order valence-electron chi connectivity index (χ3n) is 3.66. The molecule has 24 heavy (non-hydrogen) atoms. The van der Waals surface area contributed by atoms with Gasteiger partial charge in [0.05, 0.1) is 0 Å². The number of hydrogen-bond acceptors (Lipinski definition) is 2. The lowest BCUT2D eigenvalue weighted by atomic mass is 10.0. The molecule has 0 bridgehead atoms. The minimum absolute atomic E-state index is 0.192. The van der Waals surface area contributed by atoms with E-state index < -0.39 is 0 Å². The van der Waals surface area contributed by atoms with Crippen molar-refractivity contribution in [2.45, 2.75) is 11.4 Å². The molecule has 0 saturated heterocycles. The zero-order valence-electron chi connectivity index (χ0n) is 12.8. The Morgan fingerprint density at radius 1 is 0.958 bits per heavy atom. The molecule has 0 fully saturated rings. The molecular weight excluding hydrogens is 371 g/mol. The quantitative estimate of drug-likeness (QED) is 0.578. The van der Waals surface area contributed by atoms with E-state index in [0.29, 0.717) is 12.2 Å². The highest BCUT2D eigenvalue weighted by atomic mass is 79.9. The van der Waals surface area contributed by atoms with Crippen molar-refractivity contribution in [3.05, 3.63) is 95.3 Å². The molecule has 0 aliphatic rings. The molecule has 0 saturated carbocycles. The van der Waals surface area contributed by atoms with Gasteiger partial charge in [-0.05, 0) is 51.8 Å². The van der Waals surface area contributed by atoms with E-state index in [1.807, 2.05) is 30.3 Å². The van der Waals surface area contributed by atoms with Crippen LogP contribution in [0.25, 0.3) is 0 Å². The Morgan fingerprint density at radius 2 is 1.67 bits per heavy atom. The Kier molecular flexibility index (Phi) is 5.16. The molecule has 3 aromatic rings. The predicted molar refractivity (Wildman–Crippen MR) is 96.1 cm³/mol. The summed E-state index contributed by atoms with van der Waals surface area (Å²) in [5.74, 6) is 0.568. The van der Waals surface area contributed by atoms with Gasteiger partial charge in [-0.15, -0.1) is 0 Å². The predicted octanol–water partition coefficient (Wildman–Crippen LogP) is 5.59. The van der Waals surface area contributed by atoms with Crippen LogP contribution in [0.5, 0.6) is 11.5 Å². The van der Waals surface area contributed by atoms with E-state index in [1.54, 1.807) is 30.3 Å².